The lowest BCUT2D eigenvalue weighted by Gasteiger charge is -2.27. The maximum Gasteiger partial charge on any atom is 0.191 e. The Bertz CT molecular complexity index is 382. The highest BCUT2D eigenvalue weighted by Crippen LogP contribution is 2.41. The molecule has 26 heavy (non-hydrogen) atoms. The van der Waals surface area contributed by atoms with Crippen LogP contribution in [0.4, 0.5) is 0 Å². The van der Waals surface area contributed by atoms with Crippen LogP contribution in [-0.2, 0) is 9.47 Å². The van der Waals surface area contributed by atoms with Crippen LogP contribution in [0.1, 0.15) is 52.4 Å². The smallest absolute Gasteiger partial charge is 0.191 e. The van der Waals surface area contributed by atoms with Crippen molar-refractivity contribution in [1.82, 2.24) is 15.5 Å². The van der Waals surface area contributed by atoms with E-state index in [4.69, 9.17) is 14.5 Å². The molecule has 0 aromatic carbocycles. The lowest BCUT2D eigenvalue weighted by atomic mass is 9.83. The number of rotatable bonds is 13. The zero-order chi connectivity index (χ0) is 19.3. The molecule has 0 saturated heterocycles. The summed E-state index contributed by atoms with van der Waals surface area (Å²) in [5.74, 6) is 0.908. The van der Waals surface area contributed by atoms with Gasteiger partial charge < -0.3 is 25.0 Å². The summed E-state index contributed by atoms with van der Waals surface area (Å²) in [6.07, 6.45) is 7.51. The number of hydrogen-bond acceptors (Lipinski definition) is 4. The van der Waals surface area contributed by atoms with Gasteiger partial charge in [-0.2, -0.15) is 0 Å². The Balaban J connectivity index is 2.60. The molecule has 0 amide bonds. The van der Waals surface area contributed by atoms with Gasteiger partial charge in [-0.3, -0.25) is 4.99 Å². The van der Waals surface area contributed by atoms with Crippen molar-refractivity contribution in [1.29, 1.82) is 0 Å². The molecule has 0 aromatic rings. The van der Waals surface area contributed by atoms with Crippen LogP contribution >= 0.6 is 0 Å². The average molecular weight is 371 g/mol. The van der Waals surface area contributed by atoms with E-state index in [0.717, 1.165) is 58.2 Å². The van der Waals surface area contributed by atoms with E-state index in [1.807, 2.05) is 0 Å². The zero-order valence-electron chi connectivity index (χ0n) is 17.8. The number of nitrogens with one attached hydrogen (secondary N) is 2. The third kappa shape index (κ3) is 9.19. The summed E-state index contributed by atoms with van der Waals surface area (Å²) in [7, 11) is 5.99. The number of aliphatic imine (C=N–C) groups is 1. The van der Waals surface area contributed by atoms with Crippen molar-refractivity contribution in [2.45, 2.75) is 58.5 Å². The number of nitrogens with zero attached hydrogens (tertiary/aromatic N) is 2. The highest BCUT2D eigenvalue weighted by molar-refractivity contribution is 5.79. The summed E-state index contributed by atoms with van der Waals surface area (Å²) < 4.78 is 11.2. The first-order chi connectivity index (χ1) is 12.5. The molecule has 2 N–H and O–H groups in total. The van der Waals surface area contributed by atoms with Gasteiger partial charge in [0.25, 0.3) is 0 Å². The normalized spacial score (nSPS) is 18.3. The fourth-order valence-corrected chi connectivity index (χ4v) is 3.61. The molecule has 1 aliphatic carbocycles. The molecular formula is C20H42N4O2. The van der Waals surface area contributed by atoms with Gasteiger partial charge in [0.2, 0.25) is 0 Å². The first kappa shape index (κ1) is 23.2. The van der Waals surface area contributed by atoms with Gasteiger partial charge in [-0.1, -0.05) is 12.8 Å². The number of methoxy groups -OCH3 is 1. The molecule has 6 heteroatoms. The second kappa shape index (κ2) is 13.3. The Kier molecular flexibility index (Phi) is 11.9. The predicted octanol–water partition coefficient (Wildman–Crippen LogP) is 2.50. The van der Waals surface area contributed by atoms with E-state index in [0.29, 0.717) is 5.41 Å². The SMILES string of the molecule is CCNC(=NCC1(CCOC)CCCC1)NCC(CCN(C)C)OCC. The monoisotopic (exact) mass is 370 g/mol. The number of guanidine groups is 1. The lowest BCUT2D eigenvalue weighted by Crippen LogP contribution is -2.43. The van der Waals surface area contributed by atoms with Gasteiger partial charge in [0, 0.05) is 46.5 Å². The fourth-order valence-electron chi connectivity index (χ4n) is 3.61. The lowest BCUT2D eigenvalue weighted by molar-refractivity contribution is 0.0548. The van der Waals surface area contributed by atoms with Crippen LogP contribution in [0.5, 0.6) is 0 Å². The maximum atomic E-state index is 5.88. The third-order valence-corrected chi connectivity index (χ3v) is 5.22. The quantitative estimate of drug-likeness (QED) is 0.385. The van der Waals surface area contributed by atoms with Crippen molar-refractivity contribution in [3.05, 3.63) is 0 Å². The molecule has 0 radical (unpaired) electrons. The van der Waals surface area contributed by atoms with Gasteiger partial charge in [0.05, 0.1) is 6.10 Å². The van der Waals surface area contributed by atoms with E-state index in [-0.39, 0.29) is 6.10 Å². The molecule has 0 aliphatic heterocycles. The molecule has 1 atom stereocenters. The molecule has 6 nitrogen and oxygen atoms in total. The minimum absolute atomic E-state index is 0.209. The highest BCUT2D eigenvalue weighted by atomic mass is 16.5. The fraction of sp³-hybridized carbons (Fsp3) is 0.950. The molecule has 154 valence electrons. The van der Waals surface area contributed by atoms with Crippen molar-refractivity contribution < 1.29 is 9.47 Å². The minimum atomic E-state index is 0.209. The summed E-state index contributed by atoms with van der Waals surface area (Å²) >= 11 is 0. The largest absolute Gasteiger partial charge is 0.385 e. The van der Waals surface area contributed by atoms with Crippen molar-refractivity contribution >= 4 is 5.96 Å². The molecule has 0 heterocycles. The third-order valence-electron chi connectivity index (χ3n) is 5.22. The molecule has 0 aromatic heterocycles. The van der Waals surface area contributed by atoms with Crippen LogP contribution in [0.25, 0.3) is 0 Å². The van der Waals surface area contributed by atoms with Gasteiger partial charge in [0.1, 0.15) is 0 Å². The Hall–Kier alpha value is -0.850. The summed E-state index contributed by atoms with van der Waals surface area (Å²) in [6.45, 7) is 9.31. The Labute approximate surface area is 161 Å². The molecule has 1 unspecified atom stereocenters. The molecular weight excluding hydrogens is 328 g/mol. The van der Waals surface area contributed by atoms with Crippen LogP contribution in [0.15, 0.2) is 4.99 Å². The van der Waals surface area contributed by atoms with E-state index in [1.165, 1.54) is 25.7 Å². The summed E-state index contributed by atoms with van der Waals surface area (Å²) in [5.41, 5.74) is 0.322. The predicted molar refractivity (Wildman–Crippen MR) is 110 cm³/mol. The van der Waals surface area contributed by atoms with Crippen molar-refractivity contribution in [3.8, 4) is 0 Å². The minimum Gasteiger partial charge on any atom is -0.385 e. The topological polar surface area (TPSA) is 58.1 Å². The molecule has 0 bridgehead atoms. The highest BCUT2D eigenvalue weighted by Gasteiger charge is 2.33. The van der Waals surface area contributed by atoms with Crippen LogP contribution in [0.3, 0.4) is 0 Å². The van der Waals surface area contributed by atoms with E-state index >= 15 is 0 Å². The summed E-state index contributed by atoms with van der Waals surface area (Å²) in [5, 5.41) is 6.87. The summed E-state index contributed by atoms with van der Waals surface area (Å²) in [6, 6.07) is 0. The van der Waals surface area contributed by atoms with Crippen molar-refractivity contribution in [3.63, 3.8) is 0 Å². The Morgan fingerprint density at radius 1 is 1.19 bits per heavy atom. The second-order valence-electron chi connectivity index (χ2n) is 7.70. The average Bonchev–Trinajstić information content (AvgIpc) is 3.09. The molecule has 1 aliphatic rings. The van der Waals surface area contributed by atoms with Gasteiger partial charge >= 0.3 is 0 Å². The molecule has 1 fully saturated rings. The molecule has 0 spiro atoms. The Morgan fingerprint density at radius 2 is 1.92 bits per heavy atom. The van der Waals surface area contributed by atoms with Crippen LogP contribution in [0, 0.1) is 5.41 Å². The maximum absolute atomic E-state index is 5.88. The summed E-state index contributed by atoms with van der Waals surface area (Å²) in [4.78, 5) is 7.12. The first-order valence-corrected chi connectivity index (χ1v) is 10.3. The van der Waals surface area contributed by atoms with Crippen LogP contribution in [0.2, 0.25) is 0 Å². The molecule has 1 saturated carbocycles. The van der Waals surface area contributed by atoms with Gasteiger partial charge in [-0.25, -0.2) is 0 Å². The van der Waals surface area contributed by atoms with Gasteiger partial charge in [-0.15, -0.1) is 0 Å². The molecule has 1 rings (SSSR count). The van der Waals surface area contributed by atoms with Crippen LogP contribution < -0.4 is 10.6 Å². The van der Waals surface area contributed by atoms with Crippen molar-refractivity contribution in [2.75, 3.05) is 60.6 Å². The number of hydrogen-bond donors (Lipinski definition) is 2. The zero-order valence-corrected chi connectivity index (χ0v) is 17.8. The van der Waals surface area contributed by atoms with E-state index in [1.54, 1.807) is 7.11 Å². The Morgan fingerprint density at radius 3 is 2.50 bits per heavy atom. The first-order valence-electron chi connectivity index (χ1n) is 10.3. The van der Waals surface area contributed by atoms with Gasteiger partial charge in [-0.05, 0) is 59.0 Å². The van der Waals surface area contributed by atoms with E-state index < -0.39 is 0 Å². The second-order valence-corrected chi connectivity index (χ2v) is 7.70. The van der Waals surface area contributed by atoms with Crippen LogP contribution in [-0.4, -0.2) is 77.6 Å². The van der Waals surface area contributed by atoms with Gasteiger partial charge in [0.15, 0.2) is 5.96 Å². The number of ether oxygens (including phenoxy) is 2. The standard InChI is InChI=1S/C20H42N4O2/c1-6-21-19(22-16-18(26-7-2)10-14-24(3)4)23-17-20(13-15-25-5)11-8-9-12-20/h18H,6-17H2,1-5H3,(H2,21,22,23). The van der Waals surface area contributed by atoms with E-state index in [2.05, 4.69) is 43.5 Å². The van der Waals surface area contributed by atoms with E-state index in [9.17, 15) is 0 Å². The van der Waals surface area contributed by atoms with Crippen molar-refractivity contribution in [2.24, 2.45) is 10.4 Å².